The summed E-state index contributed by atoms with van der Waals surface area (Å²) in [6, 6.07) is 9.96. The van der Waals surface area contributed by atoms with Gasteiger partial charge in [0.05, 0.1) is 28.1 Å². The van der Waals surface area contributed by atoms with Gasteiger partial charge >= 0.3 is 5.97 Å². The molecule has 6 nitrogen and oxygen atoms in total. The van der Waals surface area contributed by atoms with Crippen LogP contribution in [0.3, 0.4) is 0 Å². The molecule has 2 aromatic carbocycles. The maximum Gasteiger partial charge on any atom is 0.335 e. The number of hydrogen-bond acceptors (Lipinski definition) is 4. The molecule has 0 saturated carbocycles. The lowest BCUT2D eigenvalue weighted by Crippen LogP contribution is -2.12. The van der Waals surface area contributed by atoms with Crippen molar-refractivity contribution in [3.63, 3.8) is 0 Å². The molecule has 0 radical (unpaired) electrons. The van der Waals surface area contributed by atoms with E-state index in [1.165, 1.54) is 18.2 Å². The Morgan fingerprint density at radius 1 is 1.20 bits per heavy atom. The average molecular weight is 338 g/mol. The first-order chi connectivity index (χ1) is 11.8. The van der Waals surface area contributed by atoms with Crippen molar-refractivity contribution in [2.45, 2.75) is 26.9 Å². The van der Waals surface area contributed by atoms with Gasteiger partial charge in [-0.25, -0.2) is 9.78 Å². The third-order valence-electron chi connectivity index (χ3n) is 3.71. The van der Waals surface area contributed by atoms with Crippen LogP contribution in [0.15, 0.2) is 41.2 Å². The second-order valence-electron chi connectivity index (χ2n) is 6.12. The molecule has 0 unspecified atom stereocenters. The summed E-state index contributed by atoms with van der Waals surface area (Å²) in [7, 11) is 0. The molecular weight excluding hydrogens is 320 g/mol. The van der Waals surface area contributed by atoms with Crippen LogP contribution in [0.1, 0.15) is 29.8 Å². The summed E-state index contributed by atoms with van der Waals surface area (Å²) in [5, 5.41) is 9.30. The van der Waals surface area contributed by atoms with Gasteiger partial charge in [-0.3, -0.25) is 4.79 Å². The number of H-pyrrole nitrogens is 1. The number of aromatic amines is 1. The van der Waals surface area contributed by atoms with E-state index < -0.39 is 5.97 Å². The first-order valence-corrected chi connectivity index (χ1v) is 7.90. The molecule has 3 aromatic rings. The van der Waals surface area contributed by atoms with Crippen LogP contribution in [0.2, 0.25) is 0 Å². The second kappa shape index (κ2) is 6.39. The lowest BCUT2D eigenvalue weighted by Gasteiger charge is -2.15. The van der Waals surface area contributed by atoms with Gasteiger partial charge in [0.15, 0.2) is 0 Å². The molecule has 0 aliphatic heterocycles. The standard InChI is InChI=1S/C19H18N2O4/c1-10(2)25-16-8-11(3)4-6-13(16)17-20-15-7-5-12(19(23)24)9-14(15)18(22)21-17/h4-10H,1-3H3,(H,23,24)(H,20,21,22). The van der Waals surface area contributed by atoms with Gasteiger partial charge < -0.3 is 14.8 Å². The number of nitrogens with zero attached hydrogens (tertiary/aromatic N) is 1. The van der Waals surface area contributed by atoms with Gasteiger partial charge in [0.25, 0.3) is 5.56 Å². The maximum absolute atomic E-state index is 12.4. The minimum Gasteiger partial charge on any atom is -0.490 e. The van der Waals surface area contributed by atoms with Crippen LogP contribution in [0.5, 0.6) is 5.75 Å². The first kappa shape index (κ1) is 16.7. The van der Waals surface area contributed by atoms with E-state index in [4.69, 9.17) is 9.84 Å². The summed E-state index contributed by atoms with van der Waals surface area (Å²) in [5.74, 6) is -0.0626. The number of ether oxygens (including phenoxy) is 1. The number of aryl methyl sites for hydroxylation is 1. The number of aromatic nitrogens is 2. The molecule has 0 aliphatic carbocycles. The van der Waals surface area contributed by atoms with Crippen molar-refractivity contribution in [3.8, 4) is 17.1 Å². The number of carbonyl (C=O) groups is 1. The van der Waals surface area contributed by atoms with E-state index >= 15 is 0 Å². The van der Waals surface area contributed by atoms with Gasteiger partial charge in [0, 0.05) is 0 Å². The number of hydrogen-bond donors (Lipinski definition) is 2. The Morgan fingerprint density at radius 3 is 2.64 bits per heavy atom. The number of aromatic carboxylic acids is 1. The molecule has 128 valence electrons. The van der Waals surface area contributed by atoms with Crippen molar-refractivity contribution in [1.29, 1.82) is 0 Å². The third kappa shape index (κ3) is 3.38. The van der Waals surface area contributed by atoms with E-state index in [2.05, 4.69) is 9.97 Å². The van der Waals surface area contributed by atoms with Crippen LogP contribution in [0, 0.1) is 6.92 Å². The van der Waals surface area contributed by atoms with Gasteiger partial charge in [0.2, 0.25) is 0 Å². The van der Waals surface area contributed by atoms with Crippen LogP contribution < -0.4 is 10.3 Å². The minimum atomic E-state index is -1.09. The summed E-state index contributed by atoms with van der Waals surface area (Å²) < 4.78 is 5.84. The van der Waals surface area contributed by atoms with Crippen LogP contribution in [-0.4, -0.2) is 27.1 Å². The first-order valence-electron chi connectivity index (χ1n) is 7.90. The highest BCUT2D eigenvalue weighted by molar-refractivity contribution is 5.93. The molecule has 3 rings (SSSR count). The van der Waals surface area contributed by atoms with Crippen molar-refractivity contribution in [2.75, 3.05) is 0 Å². The number of rotatable bonds is 4. The van der Waals surface area contributed by atoms with E-state index in [0.29, 0.717) is 22.7 Å². The molecule has 2 N–H and O–H groups in total. The molecule has 0 spiro atoms. The highest BCUT2D eigenvalue weighted by Gasteiger charge is 2.14. The van der Waals surface area contributed by atoms with E-state index in [1.54, 1.807) is 0 Å². The minimum absolute atomic E-state index is 0.0224. The summed E-state index contributed by atoms with van der Waals surface area (Å²) in [4.78, 5) is 30.7. The zero-order valence-electron chi connectivity index (χ0n) is 14.2. The van der Waals surface area contributed by atoms with Crippen molar-refractivity contribution in [3.05, 3.63) is 57.9 Å². The Bertz CT molecular complexity index is 1020. The summed E-state index contributed by atoms with van der Waals surface area (Å²) in [5.41, 5.74) is 1.81. The number of nitrogens with one attached hydrogen (secondary N) is 1. The van der Waals surface area contributed by atoms with Crippen LogP contribution in [0.25, 0.3) is 22.3 Å². The van der Waals surface area contributed by atoms with Gasteiger partial charge in [-0.05, 0) is 56.7 Å². The molecule has 0 atom stereocenters. The number of carboxylic acids is 1. The van der Waals surface area contributed by atoms with Gasteiger partial charge in [0.1, 0.15) is 11.6 Å². The molecule has 0 fully saturated rings. The van der Waals surface area contributed by atoms with E-state index in [9.17, 15) is 9.59 Å². The highest BCUT2D eigenvalue weighted by atomic mass is 16.5. The lowest BCUT2D eigenvalue weighted by molar-refractivity contribution is 0.0697. The molecule has 0 aliphatic rings. The topological polar surface area (TPSA) is 92.3 Å². The Hall–Kier alpha value is -3.15. The molecule has 0 amide bonds. The Morgan fingerprint density at radius 2 is 1.96 bits per heavy atom. The van der Waals surface area contributed by atoms with Crippen LogP contribution in [-0.2, 0) is 0 Å². The molecular formula is C19H18N2O4. The Kier molecular flexibility index (Phi) is 4.27. The number of carboxylic acid groups (broad SMARTS) is 1. The fourth-order valence-electron chi connectivity index (χ4n) is 2.58. The third-order valence-corrected chi connectivity index (χ3v) is 3.71. The Labute approximate surface area is 144 Å². The van der Waals surface area contributed by atoms with Crippen LogP contribution >= 0.6 is 0 Å². The molecule has 0 bridgehead atoms. The maximum atomic E-state index is 12.4. The zero-order chi connectivity index (χ0) is 18.1. The fraction of sp³-hybridized carbons (Fsp3) is 0.211. The van der Waals surface area contributed by atoms with Gasteiger partial charge in [-0.15, -0.1) is 0 Å². The zero-order valence-corrected chi connectivity index (χ0v) is 14.2. The number of fused-ring (bicyclic) bond motifs is 1. The predicted octanol–water partition coefficient (Wildman–Crippen LogP) is 3.38. The fourth-order valence-corrected chi connectivity index (χ4v) is 2.58. The molecule has 6 heteroatoms. The number of benzene rings is 2. The van der Waals surface area contributed by atoms with E-state index in [1.807, 2.05) is 39.0 Å². The molecule has 1 aromatic heterocycles. The van der Waals surface area contributed by atoms with Crippen molar-refractivity contribution in [2.24, 2.45) is 0 Å². The van der Waals surface area contributed by atoms with Crippen molar-refractivity contribution in [1.82, 2.24) is 9.97 Å². The van der Waals surface area contributed by atoms with Crippen molar-refractivity contribution < 1.29 is 14.6 Å². The predicted molar refractivity (Wildman–Crippen MR) is 95.3 cm³/mol. The molecule has 1 heterocycles. The lowest BCUT2D eigenvalue weighted by atomic mass is 10.1. The smallest absolute Gasteiger partial charge is 0.335 e. The van der Waals surface area contributed by atoms with Crippen LogP contribution in [0.4, 0.5) is 0 Å². The monoisotopic (exact) mass is 338 g/mol. The second-order valence-corrected chi connectivity index (χ2v) is 6.12. The molecule has 0 saturated heterocycles. The van der Waals surface area contributed by atoms with Gasteiger partial charge in [-0.1, -0.05) is 6.07 Å². The summed E-state index contributed by atoms with van der Waals surface area (Å²) in [6.45, 7) is 5.81. The normalized spacial score (nSPS) is 11.0. The summed E-state index contributed by atoms with van der Waals surface area (Å²) >= 11 is 0. The Balaban J connectivity index is 2.19. The summed E-state index contributed by atoms with van der Waals surface area (Å²) in [6.07, 6.45) is -0.0224. The van der Waals surface area contributed by atoms with E-state index in [0.717, 1.165) is 5.56 Å². The largest absolute Gasteiger partial charge is 0.490 e. The SMILES string of the molecule is Cc1ccc(-c2nc3ccc(C(=O)O)cc3c(=O)[nH]2)c(OC(C)C)c1. The highest BCUT2D eigenvalue weighted by Crippen LogP contribution is 2.29. The quantitative estimate of drug-likeness (QED) is 0.761. The van der Waals surface area contributed by atoms with Crippen molar-refractivity contribution >= 4 is 16.9 Å². The average Bonchev–Trinajstić information content (AvgIpc) is 2.54. The van der Waals surface area contributed by atoms with Gasteiger partial charge in [-0.2, -0.15) is 0 Å². The molecule has 25 heavy (non-hydrogen) atoms. The van der Waals surface area contributed by atoms with E-state index in [-0.39, 0.29) is 22.6 Å².